The van der Waals surface area contributed by atoms with Gasteiger partial charge in [-0.05, 0) is 36.3 Å². The first-order valence-electron chi connectivity index (χ1n) is 8.11. The highest BCUT2D eigenvalue weighted by atomic mass is 16.3. The van der Waals surface area contributed by atoms with E-state index in [1.165, 1.54) is 5.56 Å². The summed E-state index contributed by atoms with van der Waals surface area (Å²) in [4.78, 5) is 14.1. The highest BCUT2D eigenvalue weighted by Crippen LogP contribution is 2.24. The van der Waals surface area contributed by atoms with Crippen LogP contribution in [0.5, 0.6) is 0 Å². The molecule has 2 N–H and O–H groups in total. The Bertz CT molecular complexity index is 505. The van der Waals surface area contributed by atoms with Crippen molar-refractivity contribution in [3.8, 4) is 0 Å². The van der Waals surface area contributed by atoms with E-state index in [9.17, 15) is 9.90 Å². The summed E-state index contributed by atoms with van der Waals surface area (Å²) in [6.45, 7) is 9.34. The summed E-state index contributed by atoms with van der Waals surface area (Å²) in [7, 11) is 0. The summed E-state index contributed by atoms with van der Waals surface area (Å²) >= 11 is 0. The summed E-state index contributed by atoms with van der Waals surface area (Å²) in [5.74, 6) is 0. The fourth-order valence-electron chi connectivity index (χ4n) is 2.92. The highest BCUT2D eigenvalue weighted by molar-refractivity contribution is 5.75. The van der Waals surface area contributed by atoms with Crippen molar-refractivity contribution in [1.29, 1.82) is 0 Å². The second kappa shape index (κ2) is 6.69. The Morgan fingerprint density at radius 2 is 2.00 bits per heavy atom. The van der Waals surface area contributed by atoms with E-state index in [1.807, 2.05) is 6.92 Å². The Balaban J connectivity index is 2.00. The number of carbonyl (C=O) groups excluding carboxylic acids is 1. The van der Waals surface area contributed by atoms with Gasteiger partial charge in [0.2, 0.25) is 0 Å². The molecule has 4 nitrogen and oxygen atoms in total. The molecule has 1 saturated heterocycles. The van der Waals surface area contributed by atoms with Crippen molar-refractivity contribution >= 4 is 6.03 Å². The molecule has 2 unspecified atom stereocenters. The molecule has 2 rings (SSSR count). The van der Waals surface area contributed by atoms with E-state index in [4.69, 9.17) is 0 Å². The molecule has 1 aromatic rings. The summed E-state index contributed by atoms with van der Waals surface area (Å²) < 4.78 is 0. The zero-order chi connectivity index (χ0) is 16.3. The van der Waals surface area contributed by atoms with Gasteiger partial charge in [-0.2, -0.15) is 0 Å². The van der Waals surface area contributed by atoms with Gasteiger partial charge in [0.1, 0.15) is 0 Å². The standard InChI is InChI=1S/C18H28N2O2/c1-13(14-7-9-15(10-8-14)18(2,3)4)19-17(22)20-11-5-6-16(20)12-21/h7-10,13,16,21H,5-6,11-12H2,1-4H3,(H,19,22). The van der Waals surface area contributed by atoms with E-state index in [0.29, 0.717) is 0 Å². The molecule has 0 aliphatic carbocycles. The summed E-state index contributed by atoms with van der Waals surface area (Å²) in [5, 5.41) is 12.4. The zero-order valence-corrected chi connectivity index (χ0v) is 14.1. The number of aliphatic hydroxyl groups is 1. The molecule has 1 aliphatic rings. The summed E-state index contributed by atoms with van der Waals surface area (Å²) in [6.07, 6.45) is 1.85. The number of amides is 2. The Kier molecular flexibility index (Phi) is 5.12. The van der Waals surface area contributed by atoms with Crippen molar-refractivity contribution in [2.45, 2.75) is 58.0 Å². The average molecular weight is 304 g/mol. The maximum absolute atomic E-state index is 12.3. The van der Waals surface area contributed by atoms with Crippen LogP contribution in [0.4, 0.5) is 4.79 Å². The number of likely N-dealkylation sites (tertiary alicyclic amines) is 1. The van der Waals surface area contributed by atoms with Crippen molar-refractivity contribution in [3.05, 3.63) is 35.4 Å². The summed E-state index contributed by atoms with van der Waals surface area (Å²) in [5.41, 5.74) is 2.52. The van der Waals surface area contributed by atoms with Crippen molar-refractivity contribution in [2.75, 3.05) is 13.2 Å². The fourth-order valence-corrected chi connectivity index (χ4v) is 2.92. The SMILES string of the molecule is CC(NC(=O)N1CCCC1CO)c1ccc(C(C)(C)C)cc1. The fraction of sp³-hybridized carbons (Fsp3) is 0.611. The molecule has 4 heteroatoms. The molecule has 0 spiro atoms. The first kappa shape index (κ1) is 16.8. The molecule has 0 aromatic heterocycles. The molecule has 22 heavy (non-hydrogen) atoms. The third-order valence-electron chi connectivity index (χ3n) is 4.47. The van der Waals surface area contributed by atoms with Gasteiger partial charge in [-0.15, -0.1) is 0 Å². The number of urea groups is 1. The minimum atomic E-state index is -0.0797. The number of carbonyl (C=O) groups is 1. The van der Waals surface area contributed by atoms with E-state index >= 15 is 0 Å². The lowest BCUT2D eigenvalue weighted by Crippen LogP contribution is -2.44. The summed E-state index contributed by atoms with van der Waals surface area (Å²) in [6, 6.07) is 8.27. The van der Waals surface area contributed by atoms with E-state index in [0.717, 1.165) is 24.9 Å². The van der Waals surface area contributed by atoms with Crippen molar-refractivity contribution in [1.82, 2.24) is 10.2 Å². The van der Waals surface area contributed by atoms with Crippen LogP contribution in [0, 0.1) is 0 Å². The predicted octanol–water partition coefficient (Wildman–Crippen LogP) is 3.21. The lowest BCUT2D eigenvalue weighted by atomic mass is 9.86. The van der Waals surface area contributed by atoms with Crippen molar-refractivity contribution in [2.24, 2.45) is 0 Å². The first-order valence-corrected chi connectivity index (χ1v) is 8.11. The maximum atomic E-state index is 12.3. The molecule has 0 radical (unpaired) electrons. The molecule has 0 bridgehead atoms. The quantitative estimate of drug-likeness (QED) is 0.901. The van der Waals surface area contributed by atoms with Crippen LogP contribution in [0.15, 0.2) is 24.3 Å². The largest absolute Gasteiger partial charge is 0.394 e. The van der Waals surface area contributed by atoms with Gasteiger partial charge in [0, 0.05) is 6.54 Å². The van der Waals surface area contributed by atoms with Gasteiger partial charge in [0.25, 0.3) is 0 Å². The Morgan fingerprint density at radius 1 is 1.36 bits per heavy atom. The topological polar surface area (TPSA) is 52.6 Å². The first-order chi connectivity index (χ1) is 10.3. The molecular formula is C18H28N2O2. The van der Waals surface area contributed by atoms with Gasteiger partial charge in [0.05, 0.1) is 18.7 Å². The molecule has 1 heterocycles. The van der Waals surface area contributed by atoms with Crippen LogP contribution < -0.4 is 5.32 Å². The number of hydrogen-bond donors (Lipinski definition) is 2. The predicted molar refractivity (Wildman–Crippen MR) is 88.9 cm³/mol. The number of rotatable bonds is 3. The highest BCUT2D eigenvalue weighted by Gasteiger charge is 2.28. The lowest BCUT2D eigenvalue weighted by Gasteiger charge is -2.26. The van der Waals surface area contributed by atoms with E-state index < -0.39 is 0 Å². The van der Waals surface area contributed by atoms with E-state index in [2.05, 4.69) is 50.4 Å². The molecule has 2 atom stereocenters. The number of aliphatic hydroxyl groups excluding tert-OH is 1. The van der Waals surface area contributed by atoms with Gasteiger partial charge in [0.15, 0.2) is 0 Å². The van der Waals surface area contributed by atoms with Crippen molar-refractivity contribution in [3.63, 3.8) is 0 Å². The average Bonchev–Trinajstić information content (AvgIpc) is 2.95. The number of nitrogens with zero attached hydrogens (tertiary/aromatic N) is 1. The Morgan fingerprint density at radius 3 is 2.55 bits per heavy atom. The second-order valence-electron chi connectivity index (χ2n) is 7.22. The molecule has 1 fully saturated rings. The molecule has 1 aliphatic heterocycles. The number of nitrogens with one attached hydrogen (secondary N) is 1. The molecule has 2 amide bonds. The Labute approximate surface area is 133 Å². The molecule has 1 aromatic carbocycles. The zero-order valence-electron chi connectivity index (χ0n) is 14.1. The molecule has 122 valence electrons. The number of benzene rings is 1. The minimum Gasteiger partial charge on any atom is -0.394 e. The minimum absolute atomic E-state index is 0.0320. The van der Waals surface area contributed by atoms with Gasteiger partial charge in [-0.25, -0.2) is 4.79 Å². The van der Waals surface area contributed by atoms with Crippen LogP contribution in [0.2, 0.25) is 0 Å². The maximum Gasteiger partial charge on any atom is 0.318 e. The smallest absolute Gasteiger partial charge is 0.318 e. The number of hydrogen-bond acceptors (Lipinski definition) is 2. The Hall–Kier alpha value is -1.55. The van der Waals surface area contributed by atoms with Crippen molar-refractivity contribution < 1.29 is 9.90 Å². The van der Waals surface area contributed by atoms with Gasteiger partial charge >= 0.3 is 6.03 Å². The van der Waals surface area contributed by atoms with Gasteiger partial charge < -0.3 is 15.3 Å². The van der Waals surface area contributed by atoms with Crippen LogP contribution >= 0.6 is 0 Å². The van der Waals surface area contributed by atoms with Gasteiger partial charge in [-0.1, -0.05) is 45.0 Å². The third-order valence-corrected chi connectivity index (χ3v) is 4.47. The lowest BCUT2D eigenvalue weighted by molar-refractivity contribution is 0.155. The normalized spacial score (nSPS) is 20.0. The van der Waals surface area contributed by atoms with Crippen LogP contribution in [0.25, 0.3) is 0 Å². The van der Waals surface area contributed by atoms with E-state index in [1.54, 1.807) is 4.90 Å². The van der Waals surface area contributed by atoms with Crippen LogP contribution in [0.1, 0.15) is 57.7 Å². The van der Waals surface area contributed by atoms with Gasteiger partial charge in [-0.3, -0.25) is 0 Å². The van der Waals surface area contributed by atoms with E-state index in [-0.39, 0.29) is 30.1 Å². The van der Waals surface area contributed by atoms with Crippen LogP contribution in [0.3, 0.4) is 0 Å². The van der Waals surface area contributed by atoms with Crippen LogP contribution in [-0.4, -0.2) is 35.2 Å². The monoisotopic (exact) mass is 304 g/mol. The van der Waals surface area contributed by atoms with Crippen LogP contribution in [-0.2, 0) is 5.41 Å². The second-order valence-corrected chi connectivity index (χ2v) is 7.22. The molecule has 0 saturated carbocycles. The third kappa shape index (κ3) is 3.80. The molecular weight excluding hydrogens is 276 g/mol.